The molecule has 0 spiro atoms. The number of carbonyl (C=O) groups excluding carboxylic acids is 1. The quantitative estimate of drug-likeness (QED) is 0.417. The summed E-state index contributed by atoms with van der Waals surface area (Å²) >= 11 is 0. The van der Waals surface area contributed by atoms with Gasteiger partial charge in [0.25, 0.3) is 0 Å². The highest BCUT2D eigenvalue weighted by Crippen LogP contribution is 1.77. The fourth-order valence-electron chi connectivity index (χ4n) is 0.453. The first-order valence-electron chi connectivity index (χ1n) is 4.14. The smallest absolute Gasteiger partial charge is 0.245 e. The molecule has 0 aromatic rings. The standard InChI is InChI=1S/C6H13N3O.C2H7N/c1-2-9-6(10)3-5(8)4-7;1-3-2/h3H,2,4,7-8H2,1H3,(H,9,10);3H,1-2H3. The Bertz CT molecular complexity index is 156. The third kappa shape index (κ3) is 13.9. The van der Waals surface area contributed by atoms with E-state index in [4.69, 9.17) is 11.5 Å². The summed E-state index contributed by atoms with van der Waals surface area (Å²) in [6, 6.07) is 0. The third-order valence-corrected chi connectivity index (χ3v) is 0.903. The molecule has 0 heterocycles. The van der Waals surface area contributed by atoms with Crippen LogP contribution in [0, 0.1) is 0 Å². The first kappa shape index (κ1) is 14.5. The van der Waals surface area contributed by atoms with Crippen LogP contribution in [0.5, 0.6) is 0 Å². The Balaban J connectivity index is 0. The van der Waals surface area contributed by atoms with E-state index < -0.39 is 0 Å². The van der Waals surface area contributed by atoms with Gasteiger partial charge in [-0.1, -0.05) is 0 Å². The first-order valence-corrected chi connectivity index (χ1v) is 4.14. The molecular formula is C8H20N4O. The molecule has 0 aliphatic rings. The highest BCUT2D eigenvalue weighted by Gasteiger charge is 1.92. The van der Waals surface area contributed by atoms with Crippen molar-refractivity contribution in [2.24, 2.45) is 11.5 Å². The molecule has 78 valence electrons. The van der Waals surface area contributed by atoms with Crippen molar-refractivity contribution in [1.82, 2.24) is 10.6 Å². The van der Waals surface area contributed by atoms with Crippen molar-refractivity contribution in [3.63, 3.8) is 0 Å². The number of nitrogens with one attached hydrogen (secondary N) is 2. The summed E-state index contributed by atoms with van der Waals surface area (Å²) < 4.78 is 0. The van der Waals surface area contributed by atoms with Crippen LogP contribution in [0.2, 0.25) is 0 Å². The fourth-order valence-corrected chi connectivity index (χ4v) is 0.453. The molecule has 0 rings (SSSR count). The highest BCUT2D eigenvalue weighted by molar-refractivity contribution is 5.88. The molecule has 0 atom stereocenters. The Morgan fingerprint density at radius 1 is 1.46 bits per heavy atom. The second kappa shape index (κ2) is 10.9. The van der Waals surface area contributed by atoms with Gasteiger partial charge in [0.15, 0.2) is 0 Å². The zero-order valence-corrected chi connectivity index (χ0v) is 8.55. The summed E-state index contributed by atoms with van der Waals surface area (Å²) in [5.74, 6) is -0.189. The molecular weight excluding hydrogens is 168 g/mol. The van der Waals surface area contributed by atoms with E-state index >= 15 is 0 Å². The molecule has 5 nitrogen and oxygen atoms in total. The molecule has 0 aromatic carbocycles. The summed E-state index contributed by atoms with van der Waals surface area (Å²) in [7, 11) is 3.75. The monoisotopic (exact) mass is 188 g/mol. The van der Waals surface area contributed by atoms with E-state index in [0.717, 1.165) is 0 Å². The minimum atomic E-state index is -0.189. The van der Waals surface area contributed by atoms with Crippen molar-refractivity contribution in [2.75, 3.05) is 27.2 Å². The normalized spacial score (nSPS) is 10.0. The zero-order valence-electron chi connectivity index (χ0n) is 8.55. The van der Waals surface area contributed by atoms with Crippen LogP contribution < -0.4 is 22.1 Å². The van der Waals surface area contributed by atoms with E-state index in [9.17, 15) is 4.79 Å². The van der Waals surface area contributed by atoms with Crippen molar-refractivity contribution in [1.29, 1.82) is 0 Å². The summed E-state index contributed by atoms with van der Waals surface area (Å²) in [5, 5.41) is 5.31. The lowest BCUT2D eigenvalue weighted by Crippen LogP contribution is -2.23. The predicted octanol–water partition coefficient (Wildman–Crippen LogP) is -1.24. The maximum atomic E-state index is 10.7. The second-order valence-corrected chi connectivity index (χ2v) is 2.32. The van der Waals surface area contributed by atoms with Crippen LogP contribution in [0.4, 0.5) is 0 Å². The molecule has 13 heavy (non-hydrogen) atoms. The zero-order chi connectivity index (χ0) is 10.7. The van der Waals surface area contributed by atoms with Crippen LogP contribution >= 0.6 is 0 Å². The largest absolute Gasteiger partial charge is 0.401 e. The number of rotatable bonds is 3. The van der Waals surface area contributed by atoms with Crippen molar-refractivity contribution in [2.45, 2.75) is 6.92 Å². The summed E-state index contributed by atoms with van der Waals surface area (Å²) in [6.07, 6.45) is 1.30. The van der Waals surface area contributed by atoms with Crippen LogP contribution in [0.1, 0.15) is 6.92 Å². The van der Waals surface area contributed by atoms with Gasteiger partial charge in [-0.05, 0) is 21.0 Å². The van der Waals surface area contributed by atoms with Crippen molar-refractivity contribution < 1.29 is 4.79 Å². The van der Waals surface area contributed by atoms with Gasteiger partial charge in [-0.2, -0.15) is 0 Å². The molecule has 0 saturated carbocycles. The van der Waals surface area contributed by atoms with Crippen LogP contribution in [0.15, 0.2) is 11.8 Å². The van der Waals surface area contributed by atoms with Crippen molar-refractivity contribution >= 4 is 5.91 Å². The summed E-state index contributed by atoms with van der Waals surface area (Å²) in [4.78, 5) is 10.7. The number of carbonyl (C=O) groups is 1. The maximum Gasteiger partial charge on any atom is 0.245 e. The molecule has 0 aromatic heterocycles. The number of nitrogens with two attached hydrogens (primary N) is 2. The fraction of sp³-hybridized carbons (Fsp3) is 0.625. The summed E-state index contributed by atoms with van der Waals surface area (Å²) in [5.41, 5.74) is 10.8. The molecule has 1 amide bonds. The third-order valence-electron chi connectivity index (χ3n) is 0.903. The number of hydrogen-bond acceptors (Lipinski definition) is 4. The molecule has 6 N–H and O–H groups in total. The molecule has 0 bridgehead atoms. The lowest BCUT2D eigenvalue weighted by molar-refractivity contribution is -0.116. The van der Waals surface area contributed by atoms with Gasteiger partial charge in [0.05, 0.1) is 0 Å². The Hall–Kier alpha value is -1.07. The van der Waals surface area contributed by atoms with Gasteiger partial charge in [0.1, 0.15) is 0 Å². The van der Waals surface area contributed by atoms with Gasteiger partial charge < -0.3 is 22.1 Å². The predicted molar refractivity (Wildman–Crippen MR) is 55.0 cm³/mol. The molecule has 0 saturated heterocycles. The SMILES string of the molecule is CCNC(=O)C=C(N)CN.CNC. The van der Waals surface area contributed by atoms with E-state index in [-0.39, 0.29) is 12.5 Å². The van der Waals surface area contributed by atoms with Crippen molar-refractivity contribution in [3.05, 3.63) is 11.8 Å². The Morgan fingerprint density at radius 2 is 1.92 bits per heavy atom. The topological polar surface area (TPSA) is 93.2 Å². The average molecular weight is 188 g/mol. The lowest BCUT2D eigenvalue weighted by Gasteiger charge is -1.96. The first-order chi connectivity index (χ1) is 6.12. The van der Waals surface area contributed by atoms with Gasteiger partial charge >= 0.3 is 0 Å². The number of hydrogen-bond donors (Lipinski definition) is 4. The Kier molecular flexibility index (Phi) is 12.2. The van der Waals surface area contributed by atoms with Crippen molar-refractivity contribution in [3.8, 4) is 0 Å². The molecule has 0 radical (unpaired) electrons. The van der Waals surface area contributed by atoms with Gasteiger partial charge in [-0.3, -0.25) is 4.79 Å². The maximum absolute atomic E-state index is 10.7. The van der Waals surface area contributed by atoms with E-state index in [1.54, 1.807) is 0 Å². The second-order valence-electron chi connectivity index (χ2n) is 2.32. The number of amides is 1. The molecule has 0 aliphatic heterocycles. The summed E-state index contributed by atoms with van der Waals surface area (Å²) in [6.45, 7) is 2.66. The van der Waals surface area contributed by atoms with E-state index in [1.165, 1.54) is 6.08 Å². The number of likely N-dealkylation sites (N-methyl/N-ethyl adjacent to an activating group) is 1. The Labute approximate surface area is 79.6 Å². The molecule has 0 fully saturated rings. The van der Waals surface area contributed by atoms with Gasteiger partial charge in [0, 0.05) is 24.9 Å². The van der Waals surface area contributed by atoms with Crippen LogP contribution in [0.25, 0.3) is 0 Å². The lowest BCUT2D eigenvalue weighted by atomic mass is 10.4. The van der Waals surface area contributed by atoms with Crippen LogP contribution in [-0.4, -0.2) is 33.1 Å². The highest BCUT2D eigenvalue weighted by atomic mass is 16.1. The van der Waals surface area contributed by atoms with E-state index in [2.05, 4.69) is 10.6 Å². The molecule has 0 unspecified atom stereocenters. The van der Waals surface area contributed by atoms with Gasteiger partial charge in [-0.25, -0.2) is 0 Å². The van der Waals surface area contributed by atoms with Gasteiger partial charge in [-0.15, -0.1) is 0 Å². The van der Waals surface area contributed by atoms with Gasteiger partial charge in [0.2, 0.25) is 5.91 Å². The minimum absolute atomic E-state index is 0.189. The minimum Gasteiger partial charge on any atom is -0.401 e. The van der Waals surface area contributed by atoms with Crippen LogP contribution in [-0.2, 0) is 4.79 Å². The average Bonchev–Trinajstić information content (AvgIpc) is 2.06. The Morgan fingerprint density at radius 3 is 2.23 bits per heavy atom. The van der Waals surface area contributed by atoms with E-state index in [0.29, 0.717) is 12.2 Å². The molecule has 0 aliphatic carbocycles. The van der Waals surface area contributed by atoms with Crippen LogP contribution in [0.3, 0.4) is 0 Å². The van der Waals surface area contributed by atoms with E-state index in [1.807, 2.05) is 21.0 Å². The molecule has 5 heteroatoms.